The lowest BCUT2D eigenvalue weighted by Crippen LogP contribution is -2.36. The van der Waals surface area contributed by atoms with Crippen molar-refractivity contribution in [3.63, 3.8) is 0 Å². The maximum absolute atomic E-state index is 10.8. The summed E-state index contributed by atoms with van der Waals surface area (Å²) in [6.45, 7) is 3.46. The molecule has 1 aromatic heterocycles. The van der Waals surface area contributed by atoms with Gasteiger partial charge in [0.05, 0.1) is 5.92 Å². The Bertz CT molecular complexity index is 358. The van der Waals surface area contributed by atoms with Gasteiger partial charge in [0, 0.05) is 13.1 Å². The molecule has 1 fully saturated rings. The van der Waals surface area contributed by atoms with E-state index in [9.17, 15) is 4.79 Å². The number of piperidine rings is 1. The van der Waals surface area contributed by atoms with Crippen LogP contribution >= 0.6 is 11.3 Å². The van der Waals surface area contributed by atoms with Gasteiger partial charge < -0.3 is 10.0 Å². The fourth-order valence-corrected chi connectivity index (χ4v) is 2.47. The van der Waals surface area contributed by atoms with Crippen molar-refractivity contribution in [1.29, 1.82) is 0 Å². The minimum atomic E-state index is -0.678. The van der Waals surface area contributed by atoms with Crippen molar-refractivity contribution in [2.45, 2.75) is 19.8 Å². The van der Waals surface area contributed by atoms with Crippen LogP contribution in [0.25, 0.3) is 0 Å². The van der Waals surface area contributed by atoms with Gasteiger partial charge in [0.1, 0.15) is 5.01 Å². The molecule has 0 aliphatic carbocycles. The minimum Gasteiger partial charge on any atom is -0.481 e. The van der Waals surface area contributed by atoms with Crippen molar-refractivity contribution in [2.24, 2.45) is 5.92 Å². The normalized spacial score (nSPS) is 18.1. The second-order valence-electron chi connectivity index (χ2n) is 3.70. The first-order valence-corrected chi connectivity index (χ1v) is 5.76. The van der Waals surface area contributed by atoms with Gasteiger partial charge in [-0.25, -0.2) is 0 Å². The third-order valence-electron chi connectivity index (χ3n) is 2.63. The summed E-state index contributed by atoms with van der Waals surface area (Å²) < 4.78 is 0. The van der Waals surface area contributed by atoms with Crippen LogP contribution in [0, 0.1) is 12.8 Å². The number of carboxylic acid groups (broad SMARTS) is 1. The van der Waals surface area contributed by atoms with Gasteiger partial charge in [0.25, 0.3) is 0 Å². The third-order valence-corrected chi connectivity index (χ3v) is 3.53. The van der Waals surface area contributed by atoms with Crippen LogP contribution in [-0.4, -0.2) is 34.4 Å². The van der Waals surface area contributed by atoms with Crippen LogP contribution in [0.5, 0.6) is 0 Å². The lowest BCUT2D eigenvalue weighted by Gasteiger charge is -2.29. The number of hydrogen-bond donors (Lipinski definition) is 1. The molecule has 2 rings (SSSR count). The van der Waals surface area contributed by atoms with Crippen molar-refractivity contribution in [2.75, 3.05) is 18.0 Å². The predicted octanol–water partition coefficient (Wildman–Crippen LogP) is 1.15. The van der Waals surface area contributed by atoms with Gasteiger partial charge in [-0.05, 0) is 19.8 Å². The summed E-state index contributed by atoms with van der Waals surface area (Å²) in [5.74, 6) is -0.863. The molecule has 5 nitrogen and oxygen atoms in total. The molecule has 0 aromatic carbocycles. The molecule has 2 heterocycles. The van der Waals surface area contributed by atoms with Crippen LogP contribution in [0.2, 0.25) is 0 Å². The van der Waals surface area contributed by atoms with Crippen LogP contribution in [0.15, 0.2) is 0 Å². The standard InChI is InChI=1S/C9H13N3O2S/c1-6-10-11-9(15-6)12-4-2-7(3-5-12)8(13)14/h7H,2-5H2,1H3,(H,13,14). The lowest BCUT2D eigenvalue weighted by atomic mass is 9.98. The molecular formula is C9H13N3O2S. The van der Waals surface area contributed by atoms with Crippen molar-refractivity contribution >= 4 is 22.4 Å². The summed E-state index contributed by atoms with van der Waals surface area (Å²) in [5, 5.41) is 18.7. The summed E-state index contributed by atoms with van der Waals surface area (Å²) in [7, 11) is 0. The SMILES string of the molecule is Cc1nnc(N2CCC(C(=O)O)CC2)s1. The zero-order valence-electron chi connectivity index (χ0n) is 8.51. The molecule has 0 amide bonds. The minimum absolute atomic E-state index is 0.185. The van der Waals surface area contributed by atoms with E-state index in [1.165, 1.54) is 0 Å². The highest BCUT2D eigenvalue weighted by Gasteiger charge is 2.25. The fraction of sp³-hybridized carbons (Fsp3) is 0.667. The van der Waals surface area contributed by atoms with Crippen LogP contribution in [0.1, 0.15) is 17.8 Å². The van der Waals surface area contributed by atoms with Crippen LogP contribution in [0.3, 0.4) is 0 Å². The third kappa shape index (κ3) is 2.26. The summed E-state index contributed by atoms with van der Waals surface area (Å²) >= 11 is 1.56. The molecule has 0 saturated carbocycles. The number of rotatable bonds is 2. The molecule has 6 heteroatoms. The molecule has 1 N–H and O–H groups in total. The Balaban J connectivity index is 1.96. The topological polar surface area (TPSA) is 66.3 Å². The van der Waals surface area contributed by atoms with Gasteiger partial charge >= 0.3 is 5.97 Å². The number of aliphatic carboxylic acids is 1. The second-order valence-corrected chi connectivity index (χ2v) is 4.86. The van der Waals surface area contributed by atoms with E-state index < -0.39 is 5.97 Å². The maximum Gasteiger partial charge on any atom is 0.306 e. The quantitative estimate of drug-likeness (QED) is 0.821. The maximum atomic E-state index is 10.8. The monoisotopic (exact) mass is 227 g/mol. The van der Waals surface area contributed by atoms with Gasteiger partial charge in [0.15, 0.2) is 0 Å². The Morgan fingerprint density at radius 1 is 1.47 bits per heavy atom. The Kier molecular flexibility index (Phi) is 2.86. The zero-order chi connectivity index (χ0) is 10.8. The highest BCUT2D eigenvalue weighted by Crippen LogP contribution is 2.25. The first-order valence-electron chi connectivity index (χ1n) is 4.94. The number of nitrogens with zero attached hydrogens (tertiary/aromatic N) is 3. The average molecular weight is 227 g/mol. The molecule has 0 bridgehead atoms. The van der Waals surface area contributed by atoms with E-state index in [4.69, 9.17) is 5.11 Å². The molecule has 15 heavy (non-hydrogen) atoms. The molecule has 82 valence electrons. The molecule has 0 spiro atoms. The van der Waals surface area contributed by atoms with Gasteiger partial charge in [-0.2, -0.15) is 0 Å². The van der Waals surface area contributed by atoms with E-state index in [1.54, 1.807) is 11.3 Å². The first-order chi connectivity index (χ1) is 7.16. The van der Waals surface area contributed by atoms with Crippen LogP contribution in [0.4, 0.5) is 5.13 Å². The number of anilines is 1. The van der Waals surface area contributed by atoms with E-state index in [0.717, 1.165) is 23.2 Å². The molecule has 0 unspecified atom stereocenters. The van der Waals surface area contributed by atoms with Gasteiger partial charge in [-0.1, -0.05) is 11.3 Å². The fourth-order valence-electron chi connectivity index (χ4n) is 1.73. The summed E-state index contributed by atoms with van der Waals surface area (Å²) in [4.78, 5) is 12.9. The molecule has 1 aliphatic rings. The van der Waals surface area contributed by atoms with E-state index >= 15 is 0 Å². The zero-order valence-corrected chi connectivity index (χ0v) is 9.33. The average Bonchev–Trinajstić information content (AvgIpc) is 2.65. The van der Waals surface area contributed by atoms with Crippen molar-refractivity contribution in [3.05, 3.63) is 5.01 Å². The van der Waals surface area contributed by atoms with Gasteiger partial charge in [0.2, 0.25) is 5.13 Å². The highest BCUT2D eigenvalue weighted by molar-refractivity contribution is 7.15. The molecular weight excluding hydrogens is 214 g/mol. The van der Waals surface area contributed by atoms with E-state index in [0.29, 0.717) is 12.8 Å². The van der Waals surface area contributed by atoms with E-state index in [-0.39, 0.29) is 5.92 Å². The number of aryl methyl sites for hydroxylation is 1. The Morgan fingerprint density at radius 2 is 2.13 bits per heavy atom. The van der Waals surface area contributed by atoms with Crippen LogP contribution in [-0.2, 0) is 4.79 Å². The van der Waals surface area contributed by atoms with Crippen molar-refractivity contribution in [3.8, 4) is 0 Å². The number of aromatic nitrogens is 2. The largest absolute Gasteiger partial charge is 0.481 e. The first kappa shape index (κ1) is 10.4. The lowest BCUT2D eigenvalue weighted by molar-refractivity contribution is -0.142. The molecule has 1 aromatic rings. The Morgan fingerprint density at radius 3 is 2.60 bits per heavy atom. The number of carboxylic acids is 1. The summed E-state index contributed by atoms with van der Waals surface area (Å²) in [6, 6.07) is 0. The molecule has 1 saturated heterocycles. The van der Waals surface area contributed by atoms with E-state index in [1.807, 2.05) is 6.92 Å². The highest BCUT2D eigenvalue weighted by atomic mass is 32.1. The van der Waals surface area contributed by atoms with Crippen molar-refractivity contribution < 1.29 is 9.90 Å². The second kappa shape index (κ2) is 4.14. The number of hydrogen-bond acceptors (Lipinski definition) is 5. The van der Waals surface area contributed by atoms with Crippen molar-refractivity contribution in [1.82, 2.24) is 10.2 Å². The van der Waals surface area contributed by atoms with Gasteiger partial charge in [-0.15, -0.1) is 10.2 Å². The summed E-state index contributed by atoms with van der Waals surface area (Å²) in [6.07, 6.45) is 1.40. The Labute approximate surface area is 91.7 Å². The van der Waals surface area contributed by atoms with Crippen LogP contribution < -0.4 is 4.90 Å². The van der Waals surface area contributed by atoms with Gasteiger partial charge in [-0.3, -0.25) is 4.79 Å². The molecule has 0 atom stereocenters. The summed E-state index contributed by atoms with van der Waals surface area (Å²) in [5.41, 5.74) is 0. The molecule has 0 radical (unpaired) electrons. The van der Waals surface area contributed by atoms with E-state index in [2.05, 4.69) is 15.1 Å². The predicted molar refractivity (Wildman–Crippen MR) is 57.2 cm³/mol. The smallest absolute Gasteiger partial charge is 0.306 e. The molecule has 1 aliphatic heterocycles. The Hall–Kier alpha value is -1.17. The number of carbonyl (C=O) groups is 1.